The molecule has 5 heteroatoms. The first-order valence-electron chi connectivity index (χ1n) is 4.47. The van der Waals surface area contributed by atoms with Gasteiger partial charge in [0.25, 0.3) is 0 Å². The SMILES string of the molecule is CC(C)(C)N1C(=O)CSCC1C(=O)O. The van der Waals surface area contributed by atoms with Gasteiger partial charge in [-0.3, -0.25) is 4.79 Å². The number of hydrogen-bond donors (Lipinski definition) is 1. The number of hydrogen-bond acceptors (Lipinski definition) is 3. The smallest absolute Gasteiger partial charge is 0.327 e. The molecule has 1 N–H and O–H groups in total. The molecule has 1 aliphatic heterocycles. The minimum Gasteiger partial charge on any atom is -0.480 e. The fourth-order valence-corrected chi connectivity index (χ4v) is 2.55. The van der Waals surface area contributed by atoms with Crippen molar-refractivity contribution in [3.8, 4) is 0 Å². The number of amides is 1. The highest BCUT2D eigenvalue weighted by Crippen LogP contribution is 2.25. The van der Waals surface area contributed by atoms with Gasteiger partial charge in [-0.25, -0.2) is 4.79 Å². The van der Waals surface area contributed by atoms with Crippen molar-refractivity contribution < 1.29 is 14.7 Å². The Balaban J connectivity index is 2.93. The molecule has 1 fully saturated rings. The summed E-state index contributed by atoms with van der Waals surface area (Å²) in [5.41, 5.74) is -0.416. The van der Waals surface area contributed by atoms with Crippen LogP contribution in [0, 0.1) is 0 Å². The van der Waals surface area contributed by atoms with E-state index < -0.39 is 17.6 Å². The van der Waals surface area contributed by atoms with E-state index in [0.29, 0.717) is 11.5 Å². The molecule has 14 heavy (non-hydrogen) atoms. The van der Waals surface area contributed by atoms with Crippen LogP contribution < -0.4 is 0 Å². The van der Waals surface area contributed by atoms with Crippen LogP contribution in [0.15, 0.2) is 0 Å². The summed E-state index contributed by atoms with van der Waals surface area (Å²) in [6.45, 7) is 5.57. The second kappa shape index (κ2) is 3.81. The zero-order valence-electron chi connectivity index (χ0n) is 8.61. The molecule has 0 saturated carbocycles. The second-order valence-electron chi connectivity index (χ2n) is 4.30. The Kier molecular flexibility index (Phi) is 3.09. The largest absolute Gasteiger partial charge is 0.480 e. The van der Waals surface area contributed by atoms with Crippen molar-refractivity contribution in [3.63, 3.8) is 0 Å². The summed E-state index contributed by atoms with van der Waals surface area (Å²) in [5.74, 6) is -0.124. The number of nitrogens with zero attached hydrogens (tertiary/aromatic N) is 1. The first kappa shape index (κ1) is 11.4. The molecule has 4 nitrogen and oxygen atoms in total. The summed E-state index contributed by atoms with van der Waals surface area (Å²) in [5, 5.41) is 8.98. The van der Waals surface area contributed by atoms with Crippen LogP contribution in [0.5, 0.6) is 0 Å². The Labute approximate surface area is 87.7 Å². The van der Waals surface area contributed by atoms with E-state index in [0.717, 1.165) is 0 Å². The molecule has 0 spiro atoms. The zero-order chi connectivity index (χ0) is 10.9. The van der Waals surface area contributed by atoms with Gasteiger partial charge in [-0.05, 0) is 20.8 Å². The van der Waals surface area contributed by atoms with Crippen LogP contribution in [0.3, 0.4) is 0 Å². The van der Waals surface area contributed by atoms with Crippen LogP contribution in [-0.2, 0) is 9.59 Å². The third-order valence-corrected chi connectivity index (χ3v) is 3.09. The monoisotopic (exact) mass is 217 g/mol. The molecule has 0 radical (unpaired) electrons. The van der Waals surface area contributed by atoms with Crippen molar-refractivity contribution in [1.82, 2.24) is 4.90 Å². The van der Waals surface area contributed by atoms with E-state index in [1.54, 1.807) is 0 Å². The Bertz CT molecular complexity index is 259. The van der Waals surface area contributed by atoms with Gasteiger partial charge in [0.1, 0.15) is 6.04 Å². The predicted octanol–water partition coefficient (Wildman–Crippen LogP) is 0.813. The van der Waals surface area contributed by atoms with Crippen molar-refractivity contribution in [1.29, 1.82) is 0 Å². The third kappa shape index (κ3) is 2.20. The summed E-state index contributed by atoms with van der Waals surface area (Å²) in [6.07, 6.45) is 0. The van der Waals surface area contributed by atoms with Gasteiger partial charge in [-0.2, -0.15) is 0 Å². The molecule has 1 aliphatic rings. The first-order valence-corrected chi connectivity index (χ1v) is 5.62. The number of carboxylic acids is 1. The molecule has 0 aromatic rings. The molecule has 1 atom stereocenters. The lowest BCUT2D eigenvalue weighted by Gasteiger charge is -2.42. The van der Waals surface area contributed by atoms with Gasteiger partial charge >= 0.3 is 5.97 Å². The van der Waals surface area contributed by atoms with Crippen molar-refractivity contribution in [3.05, 3.63) is 0 Å². The molecule has 1 saturated heterocycles. The van der Waals surface area contributed by atoms with E-state index in [-0.39, 0.29) is 5.91 Å². The van der Waals surface area contributed by atoms with Crippen LogP contribution >= 0.6 is 11.8 Å². The van der Waals surface area contributed by atoms with Gasteiger partial charge in [0.05, 0.1) is 5.75 Å². The normalized spacial score (nSPS) is 23.8. The molecule has 0 aromatic heterocycles. The summed E-state index contributed by atoms with van der Waals surface area (Å²) < 4.78 is 0. The predicted molar refractivity (Wildman–Crippen MR) is 55.3 cm³/mol. The molecule has 0 aliphatic carbocycles. The maximum absolute atomic E-state index is 11.6. The standard InChI is InChI=1S/C9H15NO3S/c1-9(2,3)10-6(8(12)13)4-14-5-7(10)11/h6H,4-5H2,1-3H3,(H,12,13). The highest BCUT2D eigenvalue weighted by atomic mass is 32.2. The quantitative estimate of drug-likeness (QED) is 0.706. The van der Waals surface area contributed by atoms with Gasteiger partial charge in [-0.15, -0.1) is 11.8 Å². The van der Waals surface area contributed by atoms with Gasteiger partial charge in [0.2, 0.25) is 5.91 Å². The van der Waals surface area contributed by atoms with Crippen molar-refractivity contribution in [2.24, 2.45) is 0 Å². The highest BCUT2D eigenvalue weighted by Gasteiger charge is 2.39. The highest BCUT2D eigenvalue weighted by molar-refractivity contribution is 8.00. The molecular formula is C9H15NO3S. The first-order chi connectivity index (χ1) is 6.34. The van der Waals surface area contributed by atoms with E-state index in [2.05, 4.69) is 0 Å². The third-order valence-electron chi connectivity index (χ3n) is 2.09. The number of carbonyl (C=O) groups excluding carboxylic acids is 1. The lowest BCUT2D eigenvalue weighted by Crippen LogP contribution is -2.58. The summed E-state index contributed by atoms with van der Waals surface area (Å²) in [7, 11) is 0. The van der Waals surface area contributed by atoms with E-state index in [9.17, 15) is 9.59 Å². The zero-order valence-corrected chi connectivity index (χ0v) is 9.43. The molecule has 0 aromatic carbocycles. The Morgan fingerprint density at radius 1 is 1.57 bits per heavy atom. The van der Waals surface area contributed by atoms with Crippen LogP contribution in [0.25, 0.3) is 0 Å². The van der Waals surface area contributed by atoms with Gasteiger partial charge < -0.3 is 10.0 Å². The topological polar surface area (TPSA) is 57.6 Å². The molecule has 0 bridgehead atoms. The van der Waals surface area contributed by atoms with Crippen molar-refractivity contribution >= 4 is 23.6 Å². The second-order valence-corrected chi connectivity index (χ2v) is 5.33. The maximum Gasteiger partial charge on any atom is 0.327 e. The summed E-state index contributed by atoms with van der Waals surface area (Å²) in [4.78, 5) is 24.0. The van der Waals surface area contributed by atoms with Crippen LogP contribution in [0.2, 0.25) is 0 Å². The molecule has 1 rings (SSSR count). The molecule has 1 unspecified atom stereocenters. The van der Waals surface area contributed by atoms with E-state index in [4.69, 9.17) is 5.11 Å². The Hall–Kier alpha value is -0.710. The van der Waals surface area contributed by atoms with E-state index in [1.165, 1.54) is 16.7 Å². The lowest BCUT2D eigenvalue weighted by atomic mass is 10.0. The number of aliphatic carboxylic acids is 1. The van der Waals surface area contributed by atoms with E-state index >= 15 is 0 Å². The number of carbonyl (C=O) groups is 2. The van der Waals surface area contributed by atoms with Crippen molar-refractivity contribution in [2.75, 3.05) is 11.5 Å². The van der Waals surface area contributed by atoms with Gasteiger partial charge in [0.15, 0.2) is 0 Å². The number of thioether (sulfide) groups is 1. The molecule has 80 valence electrons. The van der Waals surface area contributed by atoms with Gasteiger partial charge in [0, 0.05) is 11.3 Å². The average molecular weight is 217 g/mol. The summed E-state index contributed by atoms with van der Waals surface area (Å²) in [6, 6.07) is -0.679. The maximum atomic E-state index is 11.6. The van der Waals surface area contributed by atoms with E-state index in [1.807, 2.05) is 20.8 Å². The lowest BCUT2D eigenvalue weighted by molar-refractivity contribution is -0.153. The Morgan fingerprint density at radius 2 is 2.14 bits per heavy atom. The summed E-state index contributed by atoms with van der Waals surface area (Å²) >= 11 is 1.39. The minimum atomic E-state index is -0.916. The molecular weight excluding hydrogens is 202 g/mol. The fraction of sp³-hybridized carbons (Fsp3) is 0.778. The molecule has 1 heterocycles. The average Bonchev–Trinajstić information content (AvgIpc) is 2.01. The molecule has 1 amide bonds. The number of rotatable bonds is 1. The van der Waals surface area contributed by atoms with Crippen LogP contribution in [-0.4, -0.2) is 45.0 Å². The van der Waals surface area contributed by atoms with Crippen LogP contribution in [0.1, 0.15) is 20.8 Å². The van der Waals surface area contributed by atoms with Gasteiger partial charge in [-0.1, -0.05) is 0 Å². The fourth-order valence-electron chi connectivity index (χ4n) is 1.60. The van der Waals surface area contributed by atoms with Crippen LogP contribution in [0.4, 0.5) is 0 Å². The Morgan fingerprint density at radius 3 is 2.50 bits per heavy atom. The minimum absolute atomic E-state index is 0.0823. The number of carboxylic acid groups (broad SMARTS) is 1. The van der Waals surface area contributed by atoms with Crippen molar-refractivity contribution in [2.45, 2.75) is 32.4 Å².